The molecule has 11 heteroatoms. The van der Waals surface area contributed by atoms with E-state index in [-0.39, 0.29) is 17.1 Å². The third kappa shape index (κ3) is 3.66. The molecule has 0 aliphatic carbocycles. The predicted molar refractivity (Wildman–Crippen MR) is 165 cm³/mol. The second-order valence-electron chi connectivity index (χ2n) is 10.2. The minimum absolute atomic E-state index is 0. The molecule has 0 amide bonds. The summed E-state index contributed by atoms with van der Waals surface area (Å²) in [5.74, 6) is 2.13. The maximum absolute atomic E-state index is 6.53. The van der Waals surface area contributed by atoms with Gasteiger partial charge < -0.3 is 21.4 Å². The van der Waals surface area contributed by atoms with Gasteiger partial charge in [0.05, 0.1) is 16.8 Å². The quantitative estimate of drug-likeness (QED) is 0.120. The molecule has 10 nitrogen and oxygen atoms in total. The van der Waals surface area contributed by atoms with E-state index in [2.05, 4.69) is 9.97 Å². The zero-order valence-corrected chi connectivity index (χ0v) is 23.2. The summed E-state index contributed by atoms with van der Waals surface area (Å²) in [7, 11) is 0. The molecular formula is C32H20CuN10. The number of aromatic nitrogens is 8. The van der Waals surface area contributed by atoms with Gasteiger partial charge in [-0.2, -0.15) is 0 Å². The van der Waals surface area contributed by atoms with E-state index >= 15 is 0 Å². The average molecular weight is 608 g/mol. The van der Waals surface area contributed by atoms with Gasteiger partial charge in [0.25, 0.3) is 0 Å². The number of rotatable bonds is 0. The van der Waals surface area contributed by atoms with Gasteiger partial charge in [-0.25, -0.2) is 29.9 Å². The zero-order valence-electron chi connectivity index (χ0n) is 22.2. The van der Waals surface area contributed by atoms with Gasteiger partial charge in [-0.15, -0.1) is 0 Å². The van der Waals surface area contributed by atoms with Crippen LogP contribution < -0.4 is 11.5 Å². The van der Waals surface area contributed by atoms with Crippen molar-refractivity contribution in [2.24, 2.45) is 0 Å². The molecule has 0 fully saturated rings. The van der Waals surface area contributed by atoms with Crippen molar-refractivity contribution in [3.63, 3.8) is 0 Å². The molecule has 5 heterocycles. The van der Waals surface area contributed by atoms with Crippen molar-refractivity contribution in [1.82, 2.24) is 39.9 Å². The molecule has 0 unspecified atom stereocenters. The first-order valence-electron chi connectivity index (χ1n) is 13.4. The van der Waals surface area contributed by atoms with Crippen molar-refractivity contribution in [3.05, 3.63) is 84.9 Å². The van der Waals surface area contributed by atoms with Crippen LogP contribution in [-0.2, 0) is 17.1 Å². The number of nitrogens with one attached hydrogen (secondary N) is 2. The Morgan fingerprint density at radius 1 is 0.419 bits per heavy atom. The fourth-order valence-electron chi connectivity index (χ4n) is 5.77. The molecule has 3 aromatic heterocycles. The fourth-order valence-corrected chi connectivity index (χ4v) is 5.77. The smallest absolute Gasteiger partial charge is 0.164 e. The van der Waals surface area contributed by atoms with E-state index in [1.54, 1.807) is 6.07 Å². The van der Waals surface area contributed by atoms with Crippen LogP contribution in [0.1, 0.15) is 0 Å². The summed E-state index contributed by atoms with van der Waals surface area (Å²) in [5.41, 5.74) is 19.5. The number of nitrogens with two attached hydrogens (primary N) is 2. The number of hydrogen-bond acceptors (Lipinski definition) is 8. The van der Waals surface area contributed by atoms with Gasteiger partial charge in [0.15, 0.2) is 23.3 Å². The Labute approximate surface area is 253 Å². The first-order valence-corrected chi connectivity index (χ1v) is 13.4. The number of anilines is 2. The Hall–Kier alpha value is -5.64. The molecule has 0 saturated carbocycles. The summed E-state index contributed by atoms with van der Waals surface area (Å²) in [6.45, 7) is 0. The largest absolute Gasteiger partial charge is 0.397 e. The number of H-pyrrole nitrogens is 2. The van der Waals surface area contributed by atoms with Crippen LogP contribution in [0.15, 0.2) is 84.9 Å². The molecule has 7 aromatic rings. The van der Waals surface area contributed by atoms with Crippen molar-refractivity contribution in [2.75, 3.05) is 11.5 Å². The van der Waals surface area contributed by atoms with Crippen LogP contribution >= 0.6 is 0 Å². The van der Waals surface area contributed by atoms with Crippen LogP contribution in [0.25, 0.3) is 89.7 Å². The molecule has 43 heavy (non-hydrogen) atoms. The fraction of sp³-hybridized carbons (Fsp3) is 0. The molecule has 2 aliphatic heterocycles. The normalized spacial score (nSPS) is 11.7. The molecule has 6 N–H and O–H groups in total. The van der Waals surface area contributed by atoms with Crippen LogP contribution in [0.4, 0.5) is 11.4 Å². The van der Waals surface area contributed by atoms with E-state index in [1.807, 2.05) is 78.9 Å². The van der Waals surface area contributed by atoms with Gasteiger partial charge in [-0.3, -0.25) is 0 Å². The van der Waals surface area contributed by atoms with E-state index < -0.39 is 0 Å². The molecule has 0 spiro atoms. The predicted octanol–water partition coefficient (Wildman–Crippen LogP) is 6.03. The van der Waals surface area contributed by atoms with E-state index in [1.165, 1.54) is 0 Å². The third-order valence-electron chi connectivity index (χ3n) is 7.79. The second kappa shape index (κ2) is 9.18. The topological polar surface area (TPSA) is 161 Å². The molecular weight excluding hydrogens is 588 g/mol. The number of hydrogen-bond donors (Lipinski definition) is 4. The number of fused-ring (bicyclic) bond motifs is 20. The summed E-state index contributed by atoms with van der Waals surface area (Å²) in [4.78, 5) is 36.6. The SMILES string of the molecule is Nc1ccc2c3nc4nc(nc5[nH]c(nc6nc(nc([nH]3)c2c1N)-c1ccccc1-6)c1ccccc51)-c1ccccc1-4.[Cu]. The Morgan fingerprint density at radius 2 is 0.814 bits per heavy atom. The number of benzene rings is 4. The van der Waals surface area contributed by atoms with E-state index in [0.29, 0.717) is 62.6 Å². The van der Waals surface area contributed by atoms with Crippen molar-refractivity contribution >= 4 is 55.5 Å². The monoisotopic (exact) mass is 607 g/mol. The number of aromatic amines is 2. The van der Waals surface area contributed by atoms with Crippen molar-refractivity contribution in [3.8, 4) is 45.6 Å². The summed E-state index contributed by atoms with van der Waals surface area (Å²) in [6, 6.07) is 27.5. The second-order valence-corrected chi connectivity index (χ2v) is 10.2. The minimum atomic E-state index is 0. The summed E-state index contributed by atoms with van der Waals surface area (Å²) in [5, 5.41) is 3.30. The Bertz CT molecular complexity index is 2460. The maximum atomic E-state index is 6.53. The van der Waals surface area contributed by atoms with Crippen molar-refractivity contribution < 1.29 is 17.1 Å². The molecule has 4 aromatic carbocycles. The van der Waals surface area contributed by atoms with Crippen LogP contribution in [0.3, 0.4) is 0 Å². The summed E-state index contributed by atoms with van der Waals surface area (Å²) >= 11 is 0. The van der Waals surface area contributed by atoms with Gasteiger partial charge in [-0.05, 0) is 12.1 Å². The molecule has 1 radical (unpaired) electrons. The van der Waals surface area contributed by atoms with E-state index in [4.69, 9.17) is 41.4 Å². The molecule has 0 atom stereocenters. The van der Waals surface area contributed by atoms with Gasteiger partial charge in [-0.1, -0.05) is 72.8 Å². The van der Waals surface area contributed by atoms with Crippen molar-refractivity contribution in [2.45, 2.75) is 0 Å². The summed E-state index contributed by atoms with van der Waals surface area (Å²) < 4.78 is 0. The first kappa shape index (κ1) is 25.1. The van der Waals surface area contributed by atoms with Crippen LogP contribution in [0.5, 0.6) is 0 Å². The Morgan fingerprint density at radius 3 is 1.30 bits per heavy atom. The molecule has 209 valence electrons. The zero-order chi connectivity index (χ0) is 27.9. The Balaban J connectivity index is 0.00000278. The van der Waals surface area contributed by atoms with E-state index in [0.717, 1.165) is 38.4 Å². The summed E-state index contributed by atoms with van der Waals surface area (Å²) in [6.07, 6.45) is 0. The number of nitrogens with zero attached hydrogens (tertiary/aromatic N) is 6. The van der Waals surface area contributed by atoms with Gasteiger partial charge in [0.1, 0.15) is 22.6 Å². The van der Waals surface area contributed by atoms with Crippen LogP contribution in [0, 0.1) is 0 Å². The number of nitrogen functional groups attached to an aromatic ring is 2. The average Bonchev–Trinajstić information content (AvgIpc) is 3.74. The molecule has 8 bridgehead atoms. The Kier molecular flexibility index (Phi) is 5.36. The maximum Gasteiger partial charge on any atom is 0.164 e. The van der Waals surface area contributed by atoms with Gasteiger partial charge in [0.2, 0.25) is 0 Å². The van der Waals surface area contributed by atoms with Gasteiger partial charge in [0, 0.05) is 55.5 Å². The minimum Gasteiger partial charge on any atom is -0.397 e. The van der Waals surface area contributed by atoms with Crippen LogP contribution in [0.2, 0.25) is 0 Å². The molecule has 2 aliphatic rings. The third-order valence-corrected chi connectivity index (χ3v) is 7.79. The van der Waals surface area contributed by atoms with E-state index in [9.17, 15) is 0 Å². The standard InChI is InChI=1S/C32H20N10.Cu/c33-22-14-13-21-23(24(22)34)32-41-30-20-12-6-5-11-19(20)28(39-30)37-26-16-8-2-1-7-15(16)25(35-26)36-27-17-9-3-4-10-18(17)29(38-27)40-31(21)42-32;/h1-14H,33-34H2,(H2,35,36,37,38,39,40,41,42);. The van der Waals surface area contributed by atoms with Gasteiger partial charge >= 0.3 is 0 Å². The first-order chi connectivity index (χ1) is 20.6. The molecule has 9 rings (SSSR count). The van der Waals surface area contributed by atoms with Crippen molar-refractivity contribution in [1.29, 1.82) is 0 Å². The van der Waals surface area contributed by atoms with Crippen LogP contribution in [-0.4, -0.2) is 39.9 Å². The molecule has 0 saturated heterocycles.